The third-order valence-corrected chi connectivity index (χ3v) is 5.10. The fourth-order valence-corrected chi connectivity index (χ4v) is 2.88. The zero-order valence-electron chi connectivity index (χ0n) is 11.4. The van der Waals surface area contributed by atoms with E-state index in [1.807, 2.05) is 6.92 Å². The number of rotatable bonds is 2. The highest BCUT2D eigenvalue weighted by atomic mass is 127. The summed E-state index contributed by atoms with van der Waals surface area (Å²) in [4.78, 5) is 4.38. The lowest BCUT2D eigenvalue weighted by molar-refractivity contribution is 0.0754. The minimum atomic E-state index is -0.894. The minimum Gasteiger partial charge on any atom is -0.485 e. The minimum absolute atomic E-state index is 0.335. The third-order valence-electron chi connectivity index (χ3n) is 3.48. The van der Waals surface area contributed by atoms with Crippen molar-refractivity contribution >= 4 is 28.4 Å². The van der Waals surface area contributed by atoms with Gasteiger partial charge in [0, 0.05) is 16.9 Å². The molecule has 1 aliphatic rings. The Bertz CT molecular complexity index is 728. The molecule has 0 fully saturated rings. The average molecular weight is 402 g/mol. The molecule has 3 nitrogen and oxygen atoms in total. The van der Waals surface area contributed by atoms with Crippen molar-refractivity contribution in [3.8, 4) is 5.69 Å². The van der Waals surface area contributed by atoms with Crippen LogP contribution in [0, 0.1) is 11.6 Å². The van der Waals surface area contributed by atoms with Crippen LogP contribution in [0.5, 0.6) is 0 Å². The fourth-order valence-electron chi connectivity index (χ4n) is 2.45. The van der Waals surface area contributed by atoms with Gasteiger partial charge in [0.15, 0.2) is 11.6 Å². The number of halogens is 3. The molecule has 2 aromatic rings. The zero-order valence-corrected chi connectivity index (χ0v) is 13.5. The Hall–Kier alpha value is -1.44. The van der Waals surface area contributed by atoms with Crippen LogP contribution >= 0.6 is 22.6 Å². The topological polar surface area (TPSA) is 27.1 Å². The molecule has 1 aliphatic heterocycles. The second-order valence-corrected chi connectivity index (χ2v) is 6.06. The van der Waals surface area contributed by atoms with Crippen molar-refractivity contribution < 1.29 is 13.5 Å². The van der Waals surface area contributed by atoms with Gasteiger partial charge in [-0.3, -0.25) is 4.57 Å². The van der Waals surface area contributed by atoms with Gasteiger partial charge in [0.1, 0.15) is 23.4 Å². The van der Waals surface area contributed by atoms with Crippen LogP contribution in [0.3, 0.4) is 0 Å². The summed E-state index contributed by atoms with van der Waals surface area (Å²) in [7, 11) is 0. The molecule has 2 heterocycles. The summed E-state index contributed by atoms with van der Waals surface area (Å²) < 4.78 is 34.8. The van der Waals surface area contributed by atoms with Gasteiger partial charge in [-0.15, -0.1) is 0 Å². The van der Waals surface area contributed by atoms with E-state index in [9.17, 15) is 8.78 Å². The van der Waals surface area contributed by atoms with Crippen LogP contribution in [0.25, 0.3) is 11.4 Å². The molecule has 0 saturated carbocycles. The molecular weight excluding hydrogens is 389 g/mol. The standard InChI is InChI=1S/C15H13F2IN2O/c1-9-14-13(6-15(2,7-18)21-9)19-8-20(14)10-3-4-11(16)12(17)5-10/h3-5,8H,1,6-7H2,2H3. The molecule has 1 aromatic carbocycles. The van der Waals surface area contributed by atoms with Gasteiger partial charge >= 0.3 is 0 Å². The zero-order chi connectivity index (χ0) is 15.2. The van der Waals surface area contributed by atoms with Crippen molar-refractivity contribution in [3.63, 3.8) is 0 Å². The van der Waals surface area contributed by atoms with Gasteiger partial charge < -0.3 is 4.74 Å². The lowest BCUT2D eigenvalue weighted by Crippen LogP contribution is -2.36. The number of nitrogens with zero attached hydrogens (tertiary/aromatic N) is 2. The highest BCUT2D eigenvalue weighted by molar-refractivity contribution is 14.1. The summed E-state index contributed by atoms with van der Waals surface area (Å²) in [5, 5.41) is 0. The van der Waals surface area contributed by atoms with Gasteiger partial charge in [-0.05, 0) is 19.1 Å². The summed E-state index contributed by atoms with van der Waals surface area (Å²) in [5.41, 5.74) is 1.72. The Kier molecular flexibility index (Phi) is 3.51. The van der Waals surface area contributed by atoms with Crippen molar-refractivity contribution in [2.24, 2.45) is 0 Å². The predicted octanol–water partition coefficient (Wildman–Crippen LogP) is 3.89. The number of hydrogen-bond donors (Lipinski definition) is 0. The van der Waals surface area contributed by atoms with Crippen LogP contribution in [0.15, 0.2) is 31.1 Å². The van der Waals surface area contributed by atoms with Gasteiger partial charge in [-0.2, -0.15) is 0 Å². The predicted molar refractivity (Wildman–Crippen MR) is 84.6 cm³/mol. The van der Waals surface area contributed by atoms with E-state index in [1.165, 1.54) is 6.07 Å². The lowest BCUT2D eigenvalue weighted by Gasteiger charge is -2.34. The summed E-state index contributed by atoms with van der Waals surface area (Å²) in [6.07, 6.45) is 2.24. The van der Waals surface area contributed by atoms with E-state index in [-0.39, 0.29) is 5.60 Å². The number of fused-ring (bicyclic) bond motifs is 1. The molecule has 6 heteroatoms. The summed E-state index contributed by atoms with van der Waals surface area (Å²) in [6, 6.07) is 3.73. The first kappa shape index (κ1) is 14.5. The summed E-state index contributed by atoms with van der Waals surface area (Å²) in [6.45, 7) is 5.95. The van der Waals surface area contributed by atoms with Crippen molar-refractivity contribution in [3.05, 3.63) is 54.1 Å². The molecule has 0 saturated heterocycles. The Labute approximate surface area is 134 Å². The SMILES string of the molecule is C=C1OC(C)(CI)Cc2ncn(-c3ccc(F)c(F)c3)c21. The van der Waals surface area contributed by atoms with Gasteiger partial charge in [0.2, 0.25) is 0 Å². The van der Waals surface area contributed by atoms with E-state index in [1.54, 1.807) is 10.9 Å². The molecule has 3 rings (SSSR count). The molecule has 0 spiro atoms. The molecule has 0 aliphatic carbocycles. The van der Waals surface area contributed by atoms with Crippen molar-refractivity contribution in [1.29, 1.82) is 0 Å². The first-order chi connectivity index (χ1) is 9.93. The number of alkyl halides is 1. The Balaban J connectivity index is 2.08. The van der Waals surface area contributed by atoms with Crippen molar-refractivity contribution in [1.82, 2.24) is 9.55 Å². The van der Waals surface area contributed by atoms with Gasteiger partial charge in [-0.1, -0.05) is 29.2 Å². The van der Waals surface area contributed by atoms with E-state index in [4.69, 9.17) is 4.74 Å². The normalized spacial score (nSPS) is 21.0. The molecule has 1 atom stereocenters. The van der Waals surface area contributed by atoms with Crippen LogP contribution in [-0.2, 0) is 11.2 Å². The maximum atomic E-state index is 13.4. The smallest absolute Gasteiger partial charge is 0.160 e. The quantitative estimate of drug-likeness (QED) is 0.563. The maximum absolute atomic E-state index is 13.4. The first-order valence-electron chi connectivity index (χ1n) is 6.39. The Morgan fingerprint density at radius 3 is 2.86 bits per heavy atom. The van der Waals surface area contributed by atoms with Crippen LogP contribution in [0.4, 0.5) is 8.78 Å². The van der Waals surface area contributed by atoms with Crippen molar-refractivity contribution in [2.45, 2.75) is 18.9 Å². The number of ether oxygens (including phenoxy) is 1. The number of hydrogen-bond acceptors (Lipinski definition) is 2. The van der Waals surface area contributed by atoms with Crippen LogP contribution in [0.1, 0.15) is 18.3 Å². The van der Waals surface area contributed by atoms with E-state index in [0.29, 0.717) is 23.6 Å². The van der Waals surface area contributed by atoms with E-state index in [2.05, 4.69) is 34.2 Å². The van der Waals surface area contributed by atoms with Crippen LogP contribution in [-0.4, -0.2) is 19.6 Å². The van der Waals surface area contributed by atoms with Crippen LogP contribution in [0.2, 0.25) is 0 Å². The summed E-state index contributed by atoms with van der Waals surface area (Å²) in [5.74, 6) is -1.27. The number of aromatic nitrogens is 2. The lowest BCUT2D eigenvalue weighted by atomic mass is 9.97. The maximum Gasteiger partial charge on any atom is 0.160 e. The Morgan fingerprint density at radius 1 is 1.43 bits per heavy atom. The van der Waals surface area contributed by atoms with Crippen LogP contribution < -0.4 is 0 Å². The van der Waals surface area contributed by atoms with Gasteiger partial charge in [0.05, 0.1) is 11.4 Å². The second kappa shape index (κ2) is 5.08. The number of imidazole rings is 1. The van der Waals surface area contributed by atoms with E-state index < -0.39 is 11.6 Å². The van der Waals surface area contributed by atoms with Gasteiger partial charge in [0.25, 0.3) is 0 Å². The number of benzene rings is 1. The molecule has 1 aromatic heterocycles. The molecule has 110 valence electrons. The monoisotopic (exact) mass is 402 g/mol. The third kappa shape index (κ3) is 2.45. The van der Waals surface area contributed by atoms with Gasteiger partial charge in [-0.25, -0.2) is 13.8 Å². The average Bonchev–Trinajstić information content (AvgIpc) is 2.85. The highest BCUT2D eigenvalue weighted by Gasteiger charge is 2.35. The van der Waals surface area contributed by atoms with Crippen molar-refractivity contribution in [2.75, 3.05) is 4.43 Å². The largest absolute Gasteiger partial charge is 0.485 e. The molecule has 0 amide bonds. The fraction of sp³-hybridized carbons (Fsp3) is 0.267. The van der Waals surface area contributed by atoms with E-state index in [0.717, 1.165) is 22.3 Å². The highest BCUT2D eigenvalue weighted by Crippen LogP contribution is 2.36. The van der Waals surface area contributed by atoms with E-state index >= 15 is 0 Å². The summed E-state index contributed by atoms with van der Waals surface area (Å²) >= 11 is 2.27. The molecule has 0 radical (unpaired) electrons. The first-order valence-corrected chi connectivity index (χ1v) is 7.92. The molecule has 0 bridgehead atoms. The molecule has 1 unspecified atom stereocenters. The molecule has 21 heavy (non-hydrogen) atoms. The Morgan fingerprint density at radius 2 is 2.19 bits per heavy atom. The molecular formula is C15H13F2IN2O. The molecule has 0 N–H and O–H groups in total. The second-order valence-electron chi connectivity index (χ2n) is 5.29.